The van der Waals surface area contributed by atoms with Crippen LogP contribution in [0.4, 0.5) is 5.82 Å². The van der Waals surface area contributed by atoms with Crippen LogP contribution in [-0.2, 0) is 6.54 Å². The molecule has 0 N–H and O–H groups in total. The molecule has 0 saturated carbocycles. The molecule has 0 bridgehead atoms. The van der Waals surface area contributed by atoms with Gasteiger partial charge in [-0.2, -0.15) is 0 Å². The van der Waals surface area contributed by atoms with Crippen molar-refractivity contribution in [3.63, 3.8) is 0 Å². The van der Waals surface area contributed by atoms with E-state index in [-0.39, 0.29) is 6.10 Å². The fourth-order valence-corrected chi connectivity index (χ4v) is 2.49. The highest BCUT2D eigenvalue weighted by atomic mass is 16.5. The molecular formula is C19H27N5O. The monoisotopic (exact) mass is 341 g/mol. The maximum absolute atomic E-state index is 6.06. The number of allylic oxidation sites excluding steroid dienone is 1. The Bertz CT molecular complexity index is 630. The van der Waals surface area contributed by atoms with Gasteiger partial charge in [-0.3, -0.25) is 9.88 Å². The molecule has 2 aromatic heterocycles. The Kier molecular flexibility index (Phi) is 7.35. The predicted octanol–water partition coefficient (Wildman–Crippen LogP) is 2.78. The van der Waals surface area contributed by atoms with Gasteiger partial charge in [0.1, 0.15) is 6.10 Å². The second kappa shape index (κ2) is 9.74. The fraction of sp³-hybridized carbons (Fsp3) is 0.421. The predicted molar refractivity (Wildman–Crippen MR) is 101 cm³/mol. The molecule has 0 aromatic carbocycles. The molecule has 2 aromatic rings. The third-order valence-corrected chi connectivity index (χ3v) is 3.75. The van der Waals surface area contributed by atoms with Crippen LogP contribution in [0.1, 0.15) is 18.4 Å². The molecule has 25 heavy (non-hydrogen) atoms. The molecule has 2 heterocycles. The minimum atomic E-state index is 0.0270. The molecular weight excluding hydrogens is 314 g/mol. The minimum Gasteiger partial charge on any atom is -0.472 e. The Hall–Kier alpha value is -2.47. The lowest BCUT2D eigenvalue weighted by molar-refractivity contribution is 0.131. The summed E-state index contributed by atoms with van der Waals surface area (Å²) in [6.07, 6.45) is 7.40. The molecule has 0 aliphatic heterocycles. The van der Waals surface area contributed by atoms with E-state index in [4.69, 9.17) is 4.74 Å². The van der Waals surface area contributed by atoms with Crippen LogP contribution in [0.3, 0.4) is 0 Å². The summed E-state index contributed by atoms with van der Waals surface area (Å²) in [7, 11) is 5.95. The first-order chi connectivity index (χ1) is 12.1. The molecule has 0 saturated heterocycles. The van der Waals surface area contributed by atoms with Crippen LogP contribution in [0.2, 0.25) is 0 Å². The number of hydrogen-bond acceptors (Lipinski definition) is 6. The van der Waals surface area contributed by atoms with Crippen LogP contribution in [0.5, 0.6) is 5.88 Å². The first-order valence-corrected chi connectivity index (χ1v) is 8.44. The fourth-order valence-electron chi connectivity index (χ4n) is 2.49. The third kappa shape index (κ3) is 6.51. The number of hydrogen-bond donors (Lipinski definition) is 0. The van der Waals surface area contributed by atoms with E-state index >= 15 is 0 Å². The molecule has 0 radical (unpaired) electrons. The highest BCUT2D eigenvalue weighted by molar-refractivity contribution is 5.35. The highest BCUT2D eigenvalue weighted by Crippen LogP contribution is 2.15. The first-order valence-electron chi connectivity index (χ1n) is 8.44. The second-order valence-electron chi connectivity index (χ2n) is 6.29. The summed E-state index contributed by atoms with van der Waals surface area (Å²) in [5.74, 6) is 1.36. The van der Waals surface area contributed by atoms with Crippen LogP contribution in [0, 0.1) is 0 Å². The minimum absolute atomic E-state index is 0.0270. The molecule has 1 unspecified atom stereocenters. The molecule has 6 heteroatoms. The summed E-state index contributed by atoms with van der Waals surface area (Å²) >= 11 is 0. The van der Waals surface area contributed by atoms with Crippen molar-refractivity contribution in [3.05, 3.63) is 54.9 Å². The van der Waals surface area contributed by atoms with Gasteiger partial charge in [0.15, 0.2) is 5.82 Å². The van der Waals surface area contributed by atoms with Crippen LogP contribution in [-0.4, -0.2) is 53.9 Å². The van der Waals surface area contributed by atoms with Gasteiger partial charge in [0.2, 0.25) is 5.88 Å². The number of anilines is 1. The molecule has 0 spiro atoms. The number of aromatic nitrogens is 3. The van der Waals surface area contributed by atoms with E-state index in [0.717, 1.165) is 31.7 Å². The molecule has 2 rings (SSSR count). The molecule has 0 aliphatic rings. The van der Waals surface area contributed by atoms with E-state index in [0.29, 0.717) is 5.88 Å². The standard InChI is InChI=1S/C19H27N5O/c1-5-6-9-17(15-24(4)14-16-8-7-12-20-13-16)25-19-11-10-18(21-22-19)23(2)3/h5,7-8,10-13,17H,1,6,9,14-15H2,2-4H3. The number of pyridine rings is 1. The van der Waals surface area contributed by atoms with Gasteiger partial charge in [0.25, 0.3) is 0 Å². The summed E-state index contributed by atoms with van der Waals surface area (Å²) in [6.45, 7) is 5.42. The summed E-state index contributed by atoms with van der Waals surface area (Å²) in [5.41, 5.74) is 1.18. The van der Waals surface area contributed by atoms with Gasteiger partial charge >= 0.3 is 0 Å². The van der Waals surface area contributed by atoms with Gasteiger partial charge in [-0.25, -0.2) is 0 Å². The summed E-state index contributed by atoms with van der Waals surface area (Å²) < 4.78 is 6.06. The van der Waals surface area contributed by atoms with Crippen molar-refractivity contribution in [2.24, 2.45) is 0 Å². The zero-order chi connectivity index (χ0) is 18.1. The summed E-state index contributed by atoms with van der Waals surface area (Å²) in [4.78, 5) is 8.30. The maximum atomic E-state index is 6.06. The van der Waals surface area contributed by atoms with Crippen molar-refractivity contribution in [1.29, 1.82) is 0 Å². The largest absolute Gasteiger partial charge is 0.472 e. The lowest BCUT2D eigenvalue weighted by Crippen LogP contribution is -2.33. The molecule has 1 atom stereocenters. The molecule has 0 aliphatic carbocycles. The van der Waals surface area contributed by atoms with E-state index in [9.17, 15) is 0 Å². The van der Waals surface area contributed by atoms with Crippen LogP contribution >= 0.6 is 0 Å². The highest BCUT2D eigenvalue weighted by Gasteiger charge is 2.14. The SMILES string of the molecule is C=CCCC(CN(C)Cc1cccnc1)Oc1ccc(N(C)C)nn1. The molecule has 6 nitrogen and oxygen atoms in total. The van der Waals surface area contributed by atoms with Crippen molar-refractivity contribution in [1.82, 2.24) is 20.1 Å². The number of likely N-dealkylation sites (N-methyl/N-ethyl adjacent to an activating group) is 1. The Morgan fingerprint density at radius 2 is 2.04 bits per heavy atom. The number of nitrogens with zero attached hydrogens (tertiary/aromatic N) is 5. The van der Waals surface area contributed by atoms with Gasteiger partial charge in [-0.1, -0.05) is 12.1 Å². The van der Waals surface area contributed by atoms with Crippen molar-refractivity contribution in [2.75, 3.05) is 32.6 Å². The normalized spacial score (nSPS) is 12.0. The zero-order valence-corrected chi connectivity index (χ0v) is 15.3. The average Bonchev–Trinajstić information content (AvgIpc) is 2.61. The molecule has 0 fully saturated rings. The Labute approximate surface area is 150 Å². The lowest BCUT2D eigenvalue weighted by Gasteiger charge is -2.24. The smallest absolute Gasteiger partial charge is 0.233 e. The van der Waals surface area contributed by atoms with E-state index < -0.39 is 0 Å². The van der Waals surface area contributed by atoms with Crippen molar-refractivity contribution in [3.8, 4) is 5.88 Å². The molecule has 0 amide bonds. The van der Waals surface area contributed by atoms with Gasteiger partial charge in [0, 0.05) is 45.6 Å². The van der Waals surface area contributed by atoms with E-state index in [1.807, 2.05) is 49.5 Å². The Morgan fingerprint density at radius 1 is 1.20 bits per heavy atom. The van der Waals surface area contributed by atoms with Crippen molar-refractivity contribution >= 4 is 5.82 Å². The Balaban J connectivity index is 1.96. The van der Waals surface area contributed by atoms with E-state index in [1.165, 1.54) is 5.56 Å². The van der Waals surface area contributed by atoms with E-state index in [2.05, 4.69) is 39.8 Å². The van der Waals surface area contributed by atoms with E-state index in [1.54, 1.807) is 6.20 Å². The van der Waals surface area contributed by atoms with Crippen molar-refractivity contribution in [2.45, 2.75) is 25.5 Å². The lowest BCUT2D eigenvalue weighted by atomic mass is 10.1. The van der Waals surface area contributed by atoms with Crippen LogP contribution in [0.25, 0.3) is 0 Å². The number of ether oxygens (including phenoxy) is 1. The average molecular weight is 341 g/mol. The maximum Gasteiger partial charge on any atom is 0.233 e. The quantitative estimate of drug-likeness (QED) is 0.620. The third-order valence-electron chi connectivity index (χ3n) is 3.75. The zero-order valence-electron chi connectivity index (χ0n) is 15.3. The van der Waals surface area contributed by atoms with Gasteiger partial charge in [0.05, 0.1) is 0 Å². The van der Waals surface area contributed by atoms with Crippen molar-refractivity contribution < 1.29 is 4.74 Å². The van der Waals surface area contributed by atoms with Gasteiger partial charge in [-0.05, 0) is 37.6 Å². The van der Waals surface area contributed by atoms with Crippen LogP contribution < -0.4 is 9.64 Å². The van der Waals surface area contributed by atoms with Gasteiger partial charge < -0.3 is 9.64 Å². The Morgan fingerprint density at radius 3 is 2.64 bits per heavy atom. The number of rotatable bonds is 10. The van der Waals surface area contributed by atoms with Gasteiger partial charge in [-0.15, -0.1) is 16.8 Å². The first kappa shape index (κ1) is 18.9. The molecule has 134 valence electrons. The summed E-state index contributed by atoms with van der Waals surface area (Å²) in [6, 6.07) is 7.81. The second-order valence-corrected chi connectivity index (χ2v) is 6.29. The van der Waals surface area contributed by atoms with Crippen LogP contribution in [0.15, 0.2) is 49.3 Å². The summed E-state index contributed by atoms with van der Waals surface area (Å²) in [5, 5.41) is 8.34. The topological polar surface area (TPSA) is 54.4 Å².